The lowest BCUT2D eigenvalue weighted by Gasteiger charge is -2.12. The van der Waals surface area contributed by atoms with Crippen molar-refractivity contribution < 1.29 is 8.42 Å². The molecule has 0 radical (unpaired) electrons. The molecule has 90 valence electrons. The van der Waals surface area contributed by atoms with Gasteiger partial charge in [-0.05, 0) is 36.6 Å². The maximum Gasteiger partial charge on any atom is 0.176 e. The number of rotatable bonds is 4. The number of hydrogen-bond donors (Lipinski definition) is 1. The fourth-order valence-electron chi connectivity index (χ4n) is 1.54. The van der Waals surface area contributed by atoms with Gasteiger partial charge < -0.3 is 5.73 Å². The number of nitrogens with two attached hydrogens (primary N) is 1. The van der Waals surface area contributed by atoms with Crippen molar-refractivity contribution in [3.05, 3.63) is 28.8 Å². The minimum Gasteiger partial charge on any atom is -0.330 e. The molecule has 0 fully saturated rings. The van der Waals surface area contributed by atoms with E-state index in [4.69, 9.17) is 17.3 Å². The molecule has 0 spiro atoms. The summed E-state index contributed by atoms with van der Waals surface area (Å²) in [5, 5.41) is 0.281. The molecule has 1 unspecified atom stereocenters. The van der Waals surface area contributed by atoms with Gasteiger partial charge in [0.05, 0.1) is 9.92 Å². The van der Waals surface area contributed by atoms with Crippen LogP contribution in [-0.2, 0) is 9.84 Å². The zero-order valence-electron chi connectivity index (χ0n) is 9.40. The van der Waals surface area contributed by atoms with Crippen molar-refractivity contribution >= 4 is 21.4 Å². The Morgan fingerprint density at radius 3 is 2.50 bits per heavy atom. The molecule has 2 N–H and O–H groups in total. The Labute approximate surface area is 102 Å². The standard InChI is InChI=1S/C11H16ClNO2S/c1-8(5-6-13)9-3-4-11(10(12)7-9)16(2,14)15/h3-4,7-8H,5-6,13H2,1-2H3. The van der Waals surface area contributed by atoms with Crippen LogP contribution in [0, 0.1) is 0 Å². The van der Waals surface area contributed by atoms with E-state index in [2.05, 4.69) is 0 Å². The van der Waals surface area contributed by atoms with E-state index in [1.165, 1.54) is 0 Å². The first kappa shape index (κ1) is 13.5. The minimum absolute atomic E-state index is 0.179. The van der Waals surface area contributed by atoms with Gasteiger partial charge in [0, 0.05) is 6.26 Å². The van der Waals surface area contributed by atoms with Gasteiger partial charge in [0.25, 0.3) is 0 Å². The van der Waals surface area contributed by atoms with Crippen LogP contribution in [0.2, 0.25) is 5.02 Å². The van der Waals surface area contributed by atoms with E-state index < -0.39 is 9.84 Å². The Balaban J connectivity index is 3.09. The van der Waals surface area contributed by atoms with Gasteiger partial charge in [-0.2, -0.15) is 0 Å². The zero-order valence-corrected chi connectivity index (χ0v) is 11.0. The predicted molar refractivity (Wildman–Crippen MR) is 66.6 cm³/mol. The van der Waals surface area contributed by atoms with E-state index >= 15 is 0 Å². The third kappa shape index (κ3) is 3.20. The number of halogens is 1. The summed E-state index contributed by atoms with van der Waals surface area (Å²) >= 11 is 5.95. The van der Waals surface area contributed by atoms with Gasteiger partial charge in [0.15, 0.2) is 9.84 Å². The molecule has 1 rings (SSSR count). The summed E-state index contributed by atoms with van der Waals surface area (Å²) < 4.78 is 22.7. The molecule has 0 aliphatic rings. The second-order valence-corrected chi connectivity index (χ2v) is 6.33. The van der Waals surface area contributed by atoms with Crippen LogP contribution in [0.15, 0.2) is 23.1 Å². The van der Waals surface area contributed by atoms with E-state index in [1.54, 1.807) is 18.2 Å². The van der Waals surface area contributed by atoms with Crippen LogP contribution in [0.25, 0.3) is 0 Å². The SMILES string of the molecule is CC(CCN)c1ccc(S(C)(=O)=O)c(Cl)c1. The first-order chi connectivity index (χ1) is 7.36. The number of hydrogen-bond acceptors (Lipinski definition) is 3. The highest BCUT2D eigenvalue weighted by Gasteiger charge is 2.14. The second kappa shape index (κ2) is 5.17. The molecule has 1 aromatic rings. The lowest BCUT2D eigenvalue weighted by atomic mass is 9.98. The van der Waals surface area contributed by atoms with E-state index in [1.807, 2.05) is 6.92 Å². The molecule has 1 aromatic carbocycles. The molecule has 0 aliphatic heterocycles. The largest absolute Gasteiger partial charge is 0.330 e. The topological polar surface area (TPSA) is 60.2 Å². The predicted octanol–water partition coefficient (Wildman–Crippen LogP) is 2.20. The Bertz CT molecular complexity index is 471. The Kier molecular flexibility index (Phi) is 4.35. The van der Waals surface area contributed by atoms with Gasteiger partial charge >= 0.3 is 0 Å². The van der Waals surface area contributed by atoms with E-state index in [-0.39, 0.29) is 15.8 Å². The van der Waals surface area contributed by atoms with Crippen molar-refractivity contribution in [1.29, 1.82) is 0 Å². The molecule has 0 amide bonds. The van der Waals surface area contributed by atoms with Gasteiger partial charge in [0.2, 0.25) is 0 Å². The molecule has 3 nitrogen and oxygen atoms in total. The van der Waals surface area contributed by atoms with Gasteiger partial charge in [-0.3, -0.25) is 0 Å². The second-order valence-electron chi connectivity index (χ2n) is 3.94. The Hall–Kier alpha value is -0.580. The van der Waals surface area contributed by atoms with Crippen LogP contribution < -0.4 is 5.73 Å². The molecule has 0 saturated heterocycles. The molecule has 5 heteroatoms. The van der Waals surface area contributed by atoms with Crippen molar-refractivity contribution in [1.82, 2.24) is 0 Å². The molecule has 0 bridgehead atoms. The summed E-state index contributed by atoms with van der Waals surface area (Å²) in [6.07, 6.45) is 2.01. The average Bonchev–Trinajstić information content (AvgIpc) is 2.16. The number of sulfone groups is 1. The molecule has 1 atom stereocenters. The van der Waals surface area contributed by atoms with Gasteiger partial charge in [0.1, 0.15) is 0 Å². The maximum atomic E-state index is 11.4. The van der Waals surface area contributed by atoms with Gasteiger partial charge in [-0.1, -0.05) is 24.6 Å². The van der Waals surface area contributed by atoms with Crippen LogP contribution in [0.3, 0.4) is 0 Å². The summed E-state index contributed by atoms with van der Waals surface area (Å²) in [5.41, 5.74) is 6.49. The van der Waals surface area contributed by atoms with E-state index in [9.17, 15) is 8.42 Å². The molecule has 0 saturated carbocycles. The first-order valence-corrected chi connectivity index (χ1v) is 7.32. The smallest absolute Gasteiger partial charge is 0.176 e. The van der Waals surface area contributed by atoms with Crippen LogP contribution in [0.5, 0.6) is 0 Å². The van der Waals surface area contributed by atoms with E-state index in [0.29, 0.717) is 6.54 Å². The normalized spacial score (nSPS) is 13.8. The summed E-state index contributed by atoms with van der Waals surface area (Å²) in [5.74, 6) is 0.288. The molecule has 0 heterocycles. The van der Waals surface area contributed by atoms with Crippen molar-refractivity contribution in [2.45, 2.75) is 24.2 Å². The van der Waals surface area contributed by atoms with Crippen LogP contribution in [-0.4, -0.2) is 21.2 Å². The highest BCUT2D eigenvalue weighted by atomic mass is 35.5. The quantitative estimate of drug-likeness (QED) is 0.904. The van der Waals surface area contributed by atoms with Gasteiger partial charge in [-0.15, -0.1) is 0 Å². The fraction of sp³-hybridized carbons (Fsp3) is 0.455. The van der Waals surface area contributed by atoms with Crippen LogP contribution >= 0.6 is 11.6 Å². The van der Waals surface area contributed by atoms with Crippen molar-refractivity contribution in [3.8, 4) is 0 Å². The van der Waals surface area contributed by atoms with Crippen LogP contribution in [0.4, 0.5) is 0 Å². The monoisotopic (exact) mass is 261 g/mol. The van der Waals surface area contributed by atoms with Crippen molar-refractivity contribution in [2.24, 2.45) is 5.73 Å². The molecule has 0 aromatic heterocycles. The molecule has 16 heavy (non-hydrogen) atoms. The first-order valence-electron chi connectivity index (χ1n) is 5.06. The van der Waals surface area contributed by atoms with Crippen LogP contribution in [0.1, 0.15) is 24.8 Å². The number of benzene rings is 1. The molecular formula is C11H16ClNO2S. The Morgan fingerprint density at radius 2 is 2.06 bits per heavy atom. The van der Waals surface area contributed by atoms with E-state index in [0.717, 1.165) is 18.2 Å². The molecule has 0 aliphatic carbocycles. The summed E-state index contributed by atoms with van der Waals surface area (Å²) in [7, 11) is -3.24. The lowest BCUT2D eigenvalue weighted by Crippen LogP contribution is -2.05. The lowest BCUT2D eigenvalue weighted by molar-refractivity contribution is 0.601. The van der Waals surface area contributed by atoms with Crippen molar-refractivity contribution in [2.75, 3.05) is 12.8 Å². The average molecular weight is 262 g/mol. The third-order valence-electron chi connectivity index (χ3n) is 2.52. The zero-order chi connectivity index (χ0) is 12.3. The van der Waals surface area contributed by atoms with Gasteiger partial charge in [-0.25, -0.2) is 8.42 Å². The summed E-state index contributed by atoms with van der Waals surface area (Å²) in [6.45, 7) is 2.64. The third-order valence-corrected chi connectivity index (χ3v) is 4.10. The highest BCUT2D eigenvalue weighted by Crippen LogP contribution is 2.27. The highest BCUT2D eigenvalue weighted by molar-refractivity contribution is 7.90. The minimum atomic E-state index is -3.24. The summed E-state index contributed by atoms with van der Waals surface area (Å²) in [6, 6.07) is 5.06. The molecular weight excluding hydrogens is 246 g/mol. The summed E-state index contributed by atoms with van der Waals surface area (Å²) in [4.78, 5) is 0.179. The maximum absolute atomic E-state index is 11.4. The Morgan fingerprint density at radius 1 is 1.44 bits per heavy atom. The fourth-order valence-corrected chi connectivity index (χ4v) is 2.88. The van der Waals surface area contributed by atoms with Crippen molar-refractivity contribution in [3.63, 3.8) is 0 Å².